The predicted octanol–water partition coefficient (Wildman–Crippen LogP) is 3.18. The molecule has 66 valence electrons. The van der Waals surface area contributed by atoms with Gasteiger partial charge in [0.15, 0.2) is 5.78 Å². The van der Waals surface area contributed by atoms with Crippen LogP contribution in [0.4, 0.5) is 0 Å². The molecule has 0 fully saturated rings. The number of halogens is 2. The molecule has 0 saturated carbocycles. The van der Waals surface area contributed by atoms with Crippen molar-refractivity contribution in [1.82, 2.24) is 0 Å². The lowest BCUT2D eigenvalue weighted by atomic mass is 10.1. The third-order valence-corrected chi connectivity index (χ3v) is 2.53. The van der Waals surface area contributed by atoms with E-state index in [0.29, 0.717) is 20.6 Å². The lowest BCUT2D eigenvalue weighted by molar-refractivity contribution is 0.101. The summed E-state index contributed by atoms with van der Waals surface area (Å²) in [5.74, 6) is -0.116. The van der Waals surface area contributed by atoms with E-state index in [1.165, 1.54) is 13.0 Å². The molecule has 0 bridgehead atoms. The average molecular weight is 259 g/mol. The molecule has 0 aliphatic heterocycles. The zero-order chi connectivity index (χ0) is 10.0. The fourth-order valence-electron chi connectivity index (χ4n) is 0.902. The molecular formula is C9H5BrClNO. The van der Waals surface area contributed by atoms with Crippen LogP contribution in [-0.4, -0.2) is 5.78 Å². The molecule has 2 nitrogen and oxygen atoms in total. The second kappa shape index (κ2) is 3.91. The normalized spacial score (nSPS) is 9.38. The Morgan fingerprint density at radius 2 is 2.23 bits per heavy atom. The van der Waals surface area contributed by atoms with Crippen LogP contribution in [-0.2, 0) is 0 Å². The quantitative estimate of drug-likeness (QED) is 0.726. The molecular weight excluding hydrogens is 253 g/mol. The smallest absolute Gasteiger partial charge is 0.161 e. The standard InChI is InChI=1S/C9H5BrClNO/c1-5(13)7-3-8(10)6(4-12)2-9(7)11/h2-3H,1H3. The van der Waals surface area contributed by atoms with E-state index in [2.05, 4.69) is 15.9 Å². The first kappa shape index (κ1) is 10.2. The molecule has 0 amide bonds. The molecule has 4 heteroatoms. The summed E-state index contributed by atoms with van der Waals surface area (Å²) < 4.78 is 0.588. The highest BCUT2D eigenvalue weighted by molar-refractivity contribution is 9.10. The maximum absolute atomic E-state index is 11.0. The highest BCUT2D eigenvalue weighted by Crippen LogP contribution is 2.25. The van der Waals surface area contributed by atoms with Gasteiger partial charge in [-0.2, -0.15) is 5.26 Å². The second-order valence-electron chi connectivity index (χ2n) is 2.48. The molecule has 0 aromatic heterocycles. The summed E-state index contributed by atoms with van der Waals surface area (Å²) in [5.41, 5.74) is 0.850. The van der Waals surface area contributed by atoms with Crippen LogP contribution >= 0.6 is 27.5 Å². The van der Waals surface area contributed by atoms with Gasteiger partial charge in [0, 0.05) is 10.0 Å². The fourth-order valence-corrected chi connectivity index (χ4v) is 1.63. The summed E-state index contributed by atoms with van der Waals surface area (Å²) in [6, 6.07) is 4.99. The molecule has 0 radical (unpaired) electrons. The van der Waals surface area contributed by atoms with E-state index in [-0.39, 0.29) is 5.78 Å². The molecule has 1 rings (SSSR count). The molecule has 0 aliphatic carbocycles. The minimum Gasteiger partial charge on any atom is -0.294 e. The van der Waals surface area contributed by atoms with Crippen LogP contribution in [0, 0.1) is 11.3 Å². The molecule has 0 atom stereocenters. The van der Waals surface area contributed by atoms with Crippen LogP contribution in [0.25, 0.3) is 0 Å². The average Bonchev–Trinajstić information content (AvgIpc) is 2.07. The highest BCUT2D eigenvalue weighted by atomic mass is 79.9. The number of benzene rings is 1. The van der Waals surface area contributed by atoms with Gasteiger partial charge in [0.2, 0.25) is 0 Å². The van der Waals surface area contributed by atoms with E-state index in [4.69, 9.17) is 16.9 Å². The SMILES string of the molecule is CC(=O)c1cc(Br)c(C#N)cc1Cl. The third-order valence-electron chi connectivity index (χ3n) is 1.56. The molecule has 0 unspecified atom stereocenters. The number of nitrogens with zero attached hydrogens (tertiary/aromatic N) is 1. The molecule has 0 saturated heterocycles. The number of hydrogen-bond donors (Lipinski definition) is 0. The van der Waals surface area contributed by atoms with Crippen molar-refractivity contribution in [3.8, 4) is 6.07 Å². The second-order valence-corrected chi connectivity index (χ2v) is 3.74. The Morgan fingerprint density at radius 3 is 2.69 bits per heavy atom. The van der Waals surface area contributed by atoms with Crippen molar-refractivity contribution >= 4 is 33.3 Å². The van der Waals surface area contributed by atoms with E-state index < -0.39 is 0 Å². The lowest BCUT2D eigenvalue weighted by Crippen LogP contribution is -1.94. The molecule has 1 aromatic rings. The first-order valence-corrected chi connectivity index (χ1v) is 4.63. The Balaban J connectivity index is 3.39. The summed E-state index contributed by atoms with van der Waals surface area (Å²) in [4.78, 5) is 11.0. The van der Waals surface area contributed by atoms with Gasteiger partial charge in [-0.3, -0.25) is 4.79 Å². The summed E-state index contributed by atoms with van der Waals surface area (Å²) >= 11 is 8.96. The minimum absolute atomic E-state index is 0.116. The summed E-state index contributed by atoms with van der Waals surface area (Å²) in [7, 11) is 0. The Morgan fingerprint density at radius 1 is 1.62 bits per heavy atom. The Kier molecular flexibility index (Phi) is 3.07. The van der Waals surface area contributed by atoms with Crippen LogP contribution < -0.4 is 0 Å². The van der Waals surface area contributed by atoms with E-state index >= 15 is 0 Å². The van der Waals surface area contributed by atoms with Gasteiger partial charge in [0.05, 0.1) is 10.6 Å². The Hall–Kier alpha value is -0.850. The van der Waals surface area contributed by atoms with Crippen molar-refractivity contribution in [2.75, 3.05) is 0 Å². The van der Waals surface area contributed by atoms with Crippen LogP contribution in [0.5, 0.6) is 0 Å². The van der Waals surface area contributed by atoms with Gasteiger partial charge in [0.1, 0.15) is 6.07 Å². The van der Waals surface area contributed by atoms with E-state index in [1.54, 1.807) is 6.07 Å². The topological polar surface area (TPSA) is 40.9 Å². The highest BCUT2D eigenvalue weighted by Gasteiger charge is 2.09. The number of carbonyl (C=O) groups excluding carboxylic acids is 1. The first-order chi connectivity index (χ1) is 6.06. The predicted molar refractivity (Wildman–Crippen MR) is 53.9 cm³/mol. The van der Waals surface area contributed by atoms with E-state index in [9.17, 15) is 4.79 Å². The number of ketones is 1. The van der Waals surface area contributed by atoms with Gasteiger partial charge >= 0.3 is 0 Å². The van der Waals surface area contributed by atoms with Crippen LogP contribution in [0.1, 0.15) is 22.8 Å². The molecule has 0 aliphatic rings. The number of carbonyl (C=O) groups is 1. The van der Waals surface area contributed by atoms with Gasteiger partial charge in [-0.15, -0.1) is 0 Å². The number of nitriles is 1. The monoisotopic (exact) mass is 257 g/mol. The largest absolute Gasteiger partial charge is 0.294 e. The molecule has 1 aromatic carbocycles. The molecule has 13 heavy (non-hydrogen) atoms. The Bertz CT molecular complexity index is 409. The first-order valence-electron chi connectivity index (χ1n) is 3.46. The lowest BCUT2D eigenvalue weighted by Gasteiger charge is -2.01. The van der Waals surface area contributed by atoms with Crippen LogP contribution in [0.15, 0.2) is 16.6 Å². The van der Waals surface area contributed by atoms with Crippen molar-refractivity contribution < 1.29 is 4.79 Å². The van der Waals surface area contributed by atoms with Crippen LogP contribution in [0.2, 0.25) is 5.02 Å². The number of rotatable bonds is 1. The van der Waals surface area contributed by atoms with Gasteiger partial charge in [-0.25, -0.2) is 0 Å². The maximum Gasteiger partial charge on any atom is 0.161 e. The van der Waals surface area contributed by atoms with Crippen molar-refractivity contribution in [2.45, 2.75) is 6.92 Å². The third kappa shape index (κ3) is 2.09. The molecule has 0 spiro atoms. The summed E-state index contributed by atoms with van der Waals surface area (Å²) in [5, 5.41) is 8.96. The van der Waals surface area contributed by atoms with Gasteiger partial charge in [-0.1, -0.05) is 11.6 Å². The number of Topliss-reactive ketones (excluding diaryl/α,β-unsaturated/α-hetero) is 1. The fraction of sp³-hybridized carbons (Fsp3) is 0.111. The summed E-state index contributed by atoms with van der Waals surface area (Å²) in [6.07, 6.45) is 0. The van der Waals surface area contributed by atoms with E-state index in [1.807, 2.05) is 6.07 Å². The maximum atomic E-state index is 11.0. The van der Waals surface area contributed by atoms with E-state index in [0.717, 1.165) is 0 Å². The summed E-state index contributed by atoms with van der Waals surface area (Å²) in [6.45, 7) is 1.43. The zero-order valence-electron chi connectivity index (χ0n) is 6.77. The minimum atomic E-state index is -0.116. The van der Waals surface area contributed by atoms with Crippen molar-refractivity contribution in [2.24, 2.45) is 0 Å². The molecule has 0 N–H and O–H groups in total. The van der Waals surface area contributed by atoms with Crippen molar-refractivity contribution in [1.29, 1.82) is 5.26 Å². The van der Waals surface area contributed by atoms with Crippen molar-refractivity contribution in [3.05, 3.63) is 32.8 Å². The van der Waals surface area contributed by atoms with Crippen molar-refractivity contribution in [3.63, 3.8) is 0 Å². The zero-order valence-corrected chi connectivity index (χ0v) is 9.11. The van der Waals surface area contributed by atoms with Gasteiger partial charge in [0.25, 0.3) is 0 Å². The van der Waals surface area contributed by atoms with Gasteiger partial charge < -0.3 is 0 Å². The van der Waals surface area contributed by atoms with Gasteiger partial charge in [-0.05, 0) is 35.0 Å². The van der Waals surface area contributed by atoms with Crippen LogP contribution in [0.3, 0.4) is 0 Å². The Labute approximate surface area is 89.3 Å². The molecule has 0 heterocycles. The number of hydrogen-bond acceptors (Lipinski definition) is 2.